The first-order chi connectivity index (χ1) is 14.2. The Morgan fingerprint density at radius 1 is 1.14 bits per heavy atom. The van der Waals surface area contributed by atoms with Gasteiger partial charge in [0.15, 0.2) is 0 Å². The molecule has 3 heterocycles. The van der Waals surface area contributed by atoms with Crippen LogP contribution in [0.3, 0.4) is 0 Å². The van der Waals surface area contributed by atoms with Gasteiger partial charge in [0, 0.05) is 31.0 Å². The van der Waals surface area contributed by atoms with Crippen molar-refractivity contribution in [3.05, 3.63) is 71.7 Å². The fourth-order valence-corrected chi connectivity index (χ4v) is 3.37. The summed E-state index contributed by atoms with van der Waals surface area (Å²) in [7, 11) is 1.32. The van der Waals surface area contributed by atoms with E-state index in [9.17, 15) is 9.59 Å². The largest absolute Gasteiger partial charge is 0.464 e. The third-order valence-electron chi connectivity index (χ3n) is 4.83. The van der Waals surface area contributed by atoms with Gasteiger partial charge in [0.05, 0.1) is 24.0 Å². The maximum absolute atomic E-state index is 12.1. The van der Waals surface area contributed by atoms with Crippen molar-refractivity contribution in [1.29, 1.82) is 0 Å². The number of carbonyl (C=O) groups excluding carboxylic acids is 2. The van der Waals surface area contributed by atoms with Gasteiger partial charge in [-0.3, -0.25) is 9.78 Å². The fraction of sp³-hybridized carbons (Fsp3) is 0.227. The highest BCUT2D eigenvalue weighted by molar-refractivity contribution is 6.03. The van der Waals surface area contributed by atoms with Gasteiger partial charge >= 0.3 is 5.97 Å². The first-order valence-electron chi connectivity index (χ1n) is 9.42. The summed E-state index contributed by atoms with van der Waals surface area (Å²) in [6.45, 7) is 0.579. The molecule has 0 N–H and O–H groups in total. The van der Waals surface area contributed by atoms with E-state index in [0.717, 1.165) is 22.9 Å². The SMILES string of the molecule is COC(=O)c1cccc(C(Cc2ccnc3ccccc23)=NN2CCCC2=O)n1. The van der Waals surface area contributed by atoms with Crippen molar-refractivity contribution in [2.24, 2.45) is 5.10 Å². The number of carbonyl (C=O) groups is 2. The number of fused-ring (bicyclic) bond motifs is 1. The maximum atomic E-state index is 12.1. The zero-order valence-electron chi connectivity index (χ0n) is 16.0. The van der Waals surface area contributed by atoms with E-state index in [1.54, 1.807) is 24.4 Å². The minimum Gasteiger partial charge on any atom is -0.464 e. The maximum Gasteiger partial charge on any atom is 0.356 e. The summed E-state index contributed by atoms with van der Waals surface area (Å²) < 4.78 is 4.78. The van der Waals surface area contributed by atoms with Crippen molar-refractivity contribution in [2.75, 3.05) is 13.7 Å². The average molecular weight is 388 g/mol. The molecule has 0 unspecified atom stereocenters. The number of hydrogen-bond donors (Lipinski definition) is 0. The normalized spacial score (nSPS) is 14.4. The summed E-state index contributed by atoms with van der Waals surface area (Å²) in [6, 6.07) is 14.9. The second-order valence-corrected chi connectivity index (χ2v) is 6.73. The molecule has 2 aromatic heterocycles. The van der Waals surface area contributed by atoms with E-state index in [4.69, 9.17) is 4.74 Å². The Balaban J connectivity index is 1.78. The van der Waals surface area contributed by atoms with Gasteiger partial charge in [0.1, 0.15) is 5.69 Å². The van der Waals surface area contributed by atoms with Gasteiger partial charge in [-0.1, -0.05) is 24.3 Å². The molecule has 7 heteroatoms. The molecule has 1 saturated heterocycles. The van der Waals surface area contributed by atoms with Crippen LogP contribution in [0.5, 0.6) is 0 Å². The Morgan fingerprint density at radius 3 is 2.76 bits per heavy atom. The van der Waals surface area contributed by atoms with Crippen LogP contribution in [0, 0.1) is 0 Å². The van der Waals surface area contributed by atoms with Crippen LogP contribution in [-0.2, 0) is 16.0 Å². The molecule has 1 amide bonds. The van der Waals surface area contributed by atoms with E-state index in [0.29, 0.717) is 30.8 Å². The first-order valence-corrected chi connectivity index (χ1v) is 9.42. The number of para-hydroxylation sites is 1. The Labute approximate surface area is 168 Å². The van der Waals surface area contributed by atoms with Gasteiger partial charge in [0.2, 0.25) is 5.91 Å². The van der Waals surface area contributed by atoms with E-state index in [-0.39, 0.29) is 11.6 Å². The number of rotatable bonds is 5. The molecule has 0 aliphatic carbocycles. The molecule has 0 saturated carbocycles. The molecule has 0 atom stereocenters. The molecule has 1 aromatic carbocycles. The number of ether oxygens (including phenoxy) is 1. The molecule has 0 bridgehead atoms. The van der Waals surface area contributed by atoms with Gasteiger partial charge in [-0.2, -0.15) is 5.10 Å². The van der Waals surface area contributed by atoms with Crippen LogP contribution in [-0.4, -0.2) is 46.2 Å². The molecular formula is C22H20N4O3. The van der Waals surface area contributed by atoms with Gasteiger partial charge in [-0.15, -0.1) is 0 Å². The zero-order valence-corrected chi connectivity index (χ0v) is 16.0. The van der Waals surface area contributed by atoms with Crippen LogP contribution in [0.25, 0.3) is 10.9 Å². The fourth-order valence-electron chi connectivity index (χ4n) is 3.37. The molecule has 3 aromatic rings. The Bertz CT molecular complexity index is 1100. The minimum atomic E-state index is -0.516. The van der Waals surface area contributed by atoms with E-state index >= 15 is 0 Å². The molecule has 0 spiro atoms. The number of hydrazone groups is 1. The van der Waals surface area contributed by atoms with Crippen LogP contribution < -0.4 is 0 Å². The summed E-state index contributed by atoms with van der Waals surface area (Å²) in [6.07, 6.45) is 3.48. The van der Waals surface area contributed by atoms with Crippen molar-refractivity contribution in [1.82, 2.24) is 15.0 Å². The lowest BCUT2D eigenvalue weighted by Crippen LogP contribution is -2.22. The Hall–Kier alpha value is -3.61. The second-order valence-electron chi connectivity index (χ2n) is 6.73. The Morgan fingerprint density at radius 2 is 1.97 bits per heavy atom. The molecular weight excluding hydrogens is 368 g/mol. The Kier molecular flexibility index (Phi) is 5.29. The van der Waals surface area contributed by atoms with E-state index in [2.05, 4.69) is 15.1 Å². The van der Waals surface area contributed by atoms with Crippen molar-refractivity contribution in [3.8, 4) is 0 Å². The third kappa shape index (κ3) is 3.99. The number of esters is 1. The zero-order chi connectivity index (χ0) is 20.2. The average Bonchev–Trinajstić information content (AvgIpc) is 3.17. The second kappa shape index (κ2) is 8.18. The van der Waals surface area contributed by atoms with Gasteiger partial charge in [-0.05, 0) is 36.2 Å². The van der Waals surface area contributed by atoms with Crippen LogP contribution in [0.4, 0.5) is 0 Å². The molecule has 7 nitrogen and oxygen atoms in total. The highest BCUT2D eigenvalue weighted by Gasteiger charge is 2.22. The predicted octanol–water partition coefficient (Wildman–Crippen LogP) is 2.99. The first kappa shape index (κ1) is 18.7. The van der Waals surface area contributed by atoms with Gasteiger partial charge in [0.25, 0.3) is 0 Å². The minimum absolute atomic E-state index is 0.00814. The topological polar surface area (TPSA) is 84.8 Å². The summed E-state index contributed by atoms with van der Waals surface area (Å²) in [5.41, 5.74) is 3.25. The number of methoxy groups -OCH3 is 1. The molecule has 1 aliphatic rings. The molecule has 1 aliphatic heterocycles. The van der Waals surface area contributed by atoms with Crippen molar-refractivity contribution in [3.63, 3.8) is 0 Å². The smallest absolute Gasteiger partial charge is 0.356 e. The van der Waals surface area contributed by atoms with Crippen molar-refractivity contribution in [2.45, 2.75) is 19.3 Å². The van der Waals surface area contributed by atoms with Crippen LogP contribution >= 0.6 is 0 Å². The van der Waals surface area contributed by atoms with E-state index in [1.807, 2.05) is 30.3 Å². The molecule has 146 valence electrons. The molecule has 1 fully saturated rings. The summed E-state index contributed by atoms with van der Waals surface area (Å²) in [5.74, 6) is -0.524. The monoisotopic (exact) mass is 388 g/mol. The summed E-state index contributed by atoms with van der Waals surface area (Å²) in [5, 5.41) is 7.13. The highest BCUT2D eigenvalue weighted by atomic mass is 16.5. The lowest BCUT2D eigenvalue weighted by atomic mass is 10.0. The van der Waals surface area contributed by atoms with Crippen molar-refractivity contribution >= 4 is 28.5 Å². The summed E-state index contributed by atoms with van der Waals surface area (Å²) >= 11 is 0. The van der Waals surface area contributed by atoms with E-state index in [1.165, 1.54) is 12.1 Å². The number of nitrogens with zero attached hydrogens (tertiary/aromatic N) is 4. The molecule has 0 radical (unpaired) electrons. The molecule has 29 heavy (non-hydrogen) atoms. The molecule has 4 rings (SSSR count). The standard InChI is InChI=1S/C22H20N4O3/c1-29-22(28)19-9-4-8-18(24-19)20(25-26-13-5-10-21(26)27)14-15-11-12-23-17-7-3-2-6-16(15)17/h2-4,6-9,11-12H,5,10,13-14H2,1H3. The number of aromatic nitrogens is 2. The lowest BCUT2D eigenvalue weighted by Gasteiger charge is -2.14. The van der Waals surface area contributed by atoms with E-state index < -0.39 is 5.97 Å². The number of amides is 1. The van der Waals surface area contributed by atoms with Crippen LogP contribution in [0.1, 0.15) is 34.6 Å². The highest BCUT2D eigenvalue weighted by Crippen LogP contribution is 2.20. The summed E-state index contributed by atoms with van der Waals surface area (Å²) in [4.78, 5) is 32.9. The van der Waals surface area contributed by atoms with Crippen LogP contribution in [0.2, 0.25) is 0 Å². The van der Waals surface area contributed by atoms with Crippen molar-refractivity contribution < 1.29 is 14.3 Å². The third-order valence-corrected chi connectivity index (χ3v) is 4.83. The number of benzene rings is 1. The van der Waals surface area contributed by atoms with Crippen LogP contribution in [0.15, 0.2) is 59.8 Å². The van der Waals surface area contributed by atoms with Gasteiger partial charge < -0.3 is 4.74 Å². The predicted molar refractivity (Wildman–Crippen MR) is 109 cm³/mol. The lowest BCUT2D eigenvalue weighted by molar-refractivity contribution is -0.127. The van der Waals surface area contributed by atoms with Gasteiger partial charge in [-0.25, -0.2) is 14.8 Å². The number of hydrogen-bond acceptors (Lipinski definition) is 6. The quantitative estimate of drug-likeness (QED) is 0.496. The number of pyridine rings is 2.